The highest BCUT2D eigenvalue weighted by atomic mass is 35.5. The molecule has 1 unspecified atom stereocenters. The number of carbonyl (C=O) groups is 2. The molecule has 2 fully saturated rings. The van der Waals surface area contributed by atoms with Gasteiger partial charge in [0.1, 0.15) is 24.3 Å². The zero-order chi connectivity index (χ0) is 19.3. The van der Waals surface area contributed by atoms with Crippen LogP contribution in [0.3, 0.4) is 0 Å². The first-order valence-electron chi connectivity index (χ1n) is 8.93. The summed E-state index contributed by atoms with van der Waals surface area (Å²) in [5.41, 5.74) is 0.829. The van der Waals surface area contributed by atoms with E-state index in [1.807, 2.05) is 42.5 Å². The Labute approximate surface area is 178 Å². The zero-order valence-electron chi connectivity index (χ0n) is 15.4. The molecule has 1 N–H and O–H groups in total. The molecule has 2 aromatic rings. The fourth-order valence-corrected chi connectivity index (χ4v) is 3.67. The minimum Gasteiger partial charge on any atom is -0.491 e. The Kier molecular flexibility index (Phi) is 7.13. The number of amides is 2. The van der Waals surface area contributed by atoms with Gasteiger partial charge in [-0.25, -0.2) is 4.98 Å². The number of nitrogens with zero attached hydrogens (tertiary/aromatic N) is 2. The average Bonchev–Trinajstić information content (AvgIpc) is 3.05. The molecule has 2 aliphatic rings. The molecule has 1 aromatic heterocycles. The quantitative estimate of drug-likeness (QED) is 0.725. The summed E-state index contributed by atoms with van der Waals surface area (Å²) in [6.45, 7) is 2.61. The summed E-state index contributed by atoms with van der Waals surface area (Å²) < 4.78 is 11.7. The van der Waals surface area contributed by atoms with E-state index in [4.69, 9.17) is 9.47 Å². The number of pyridine rings is 1. The van der Waals surface area contributed by atoms with Crippen LogP contribution in [0.4, 0.5) is 10.6 Å². The van der Waals surface area contributed by atoms with Gasteiger partial charge in [0.25, 0.3) is 11.1 Å². The topological polar surface area (TPSA) is 80.8 Å². The molecule has 2 saturated heterocycles. The number of benzene rings is 1. The van der Waals surface area contributed by atoms with Gasteiger partial charge in [0, 0.05) is 19.3 Å². The zero-order valence-corrected chi connectivity index (χ0v) is 17.1. The van der Waals surface area contributed by atoms with Gasteiger partial charge in [-0.3, -0.25) is 14.9 Å². The highest BCUT2D eigenvalue weighted by molar-refractivity contribution is 8.18. The second-order valence-electron chi connectivity index (χ2n) is 6.36. The van der Waals surface area contributed by atoms with Gasteiger partial charge in [-0.2, -0.15) is 0 Å². The molecule has 29 heavy (non-hydrogen) atoms. The maximum absolute atomic E-state index is 11.6. The summed E-state index contributed by atoms with van der Waals surface area (Å²) in [5.74, 6) is 1.31. The van der Waals surface area contributed by atoms with E-state index in [1.54, 1.807) is 12.3 Å². The lowest BCUT2D eigenvalue weighted by Gasteiger charge is -2.33. The second-order valence-corrected chi connectivity index (χ2v) is 7.37. The summed E-state index contributed by atoms with van der Waals surface area (Å²) in [5, 5.41) is 1.90. The van der Waals surface area contributed by atoms with Crippen LogP contribution >= 0.6 is 24.2 Å². The Balaban J connectivity index is 0.00000240. The normalized spacial score (nSPS) is 20.3. The molecule has 0 spiro atoms. The van der Waals surface area contributed by atoms with Crippen LogP contribution in [0.25, 0.3) is 6.08 Å². The van der Waals surface area contributed by atoms with E-state index in [0.717, 1.165) is 42.0 Å². The number of thioether (sulfide) groups is 1. The van der Waals surface area contributed by atoms with E-state index in [9.17, 15) is 9.59 Å². The molecule has 0 bridgehead atoms. The lowest BCUT2D eigenvalue weighted by molar-refractivity contribution is -0.115. The SMILES string of the molecule is Cl.O=C1NC(=O)/C(=C/c2ccc(OCC3CN(c4ccccn4)CCO3)cc2)S1. The Bertz CT molecular complexity index is 892. The van der Waals surface area contributed by atoms with Crippen LogP contribution in [0.5, 0.6) is 5.75 Å². The van der Waals surface area contributed by atoms with E-state index in [2.05, 4.69) is 15.2 Å². The third-order valence-electron chi connectivity index (χ3n) is 4.37. The maximum atomic E-state index is 11.6. The van der Waals surface area contributed by atoms with Gasteiger partial charge in [0.05, 0.1) is 11.5 Å². The highest BCUT2D eigenvalue weighted by Gasteiger charge is 2.25. The minimum atomic E-state index is -0.359. The van der Waals surface area contributed by atoms with Gasteiger partial charge in [-0.05, 0) is 47.7 Å². The first-order chi connectivity index (χ1) is 13.7. The van der Waals surface area contributed by atoms with Gasteiger partial charge >= 0.3 is 0 Å². The molecular weight excluding hydrogens is 414 g/mol. The van der Waals surface area contributed by atoms with Crippen molar-refractivity contribution in [2.75, 3.05) is 31.2 Å². The number of carbonyl (C=O) groups excluding carboxylic acids is 2. The Hall–Kier alpha value is -2.55. The lowest BCUT2D eigenvalue weighted by Crippen LogP contribution is -2.45. The van der Waals surface area contributed by atoms with E-state index in [-0.39, 0.29) is 29.7 Å². The van der Waals surface area contributed by atoms with Gasteiger partial charge in [0.15, 0.2) is 0 Å². The average molecular weight is 434 g/mol. The fraction of sp³-hybridized carbons (Fsp3) is 0.250. The Morgan fingerprint density at radius 3 is 2.76 bits per heavy atom. The van der Waals surface area contributed by atoms with Crippen molar-refractivity contribution in [3.63, 3.8) is 0 Å². The van der Waals surface area contributed by atoms with E-state index < -0.39 is 0 Å². The van der Waals surface area contributed by atoms with Crippen LogP contribution in [0.15, 0.2) is 53.6 Å². The number of morpholine rings is 1. The summed E-state index contributed by atoms with van der Waals surface area (Å²) >= 11 is 0.904. The molecule has 9 heteroatoms. The van der Waals surface area contributed by atoms with E-state index in [0.29, 0.717) is 18.1 Å². The van der Waals surface area contributed by atoms with Crippen LogP contribution in [-0.4, -0.2) is 48.5 Å². The second kappa shape index (κ2) is 9.78. The van der Waals surface area contributed by atoms with Gasteiger partial charge in [-0.1, -0.05) is 18.2 Å². The molecular formula is C20H20ClN3O4S. The number of anilines is 1. The molecule has 2 amide bonds. The first-order valence-corrected chi connectivity index (χ1v) is 9.74. The van der Waals surface area contributed by atoms with Crippen molar-refractivity contribution in [3.8, 4) is 5.75 Å². The van der Waals surface area contributed by atoms with Crippen LogP contribution in [0.1, 0.15) is 5.56 Å². The number of rotatable bonds is 5. The maximum Gasteiger partial charge on any atom is 0.290 e. The molecule has 0 radical (unpaired) electrons. The van der Waals surface area contributed by atoms with E-state index >= 15 is 0 Å². The van der Waals surface area contributed by atoms with Gasteiger partial charge in [-0.15, -0.1) is 12.4 Å². The first kappa shape index (κ1) is 21.2. The molecule has 0 aliphatic carbocycles. The molecule has 152 valence electrons. The van der Waals surface area contributed by atoms with Crippen LogP contribution in [0.2, 0.25) is 0 Å². The number of ether oxygens (including phenoxy) is 2. The minimum absolute atomic E-state index is 0. The van der Waals surface area contributed by atoms with Crippen LogP contribution in [0, 0.1) is 0 Å². The number of nitrogens with one attached hydrogen (secondary N) is 1. The summed E-state index contributed by atoms with van der Waals surface area (Å²) in [7, 11) is 0. The van der Waals surface area contributed by atoms with Crippen molar-refractivity contribution in [2.24, 2.45) is 0 Å². The van der Waals surface area contributed by atoms with Gasteiger partial charge in [0.2, 0.25) is 0 Å². The van der Waals surface area contributed by atoms with Crippen LogP contribution in [-0.2, 0) is 9.53 Å². The number of aromatic nitrogens is 1. The smallest absolute Gasteiger partial charge is 0.290 e. The standard InChI is InChI=1S/C20H19N3O4S.ClH/c24-19-17(28-20(25)22-19)11-14-4-6-15(7-5-14)27-13-16-12-23(9-10-26-16)18-3-1-2-8-21-18;/h1-8,11,16H,9-10,12-13H2,(H,22,24,25);1H/b17-11-;. The number of hydrogen-bond acceptors (Lipinski definition) is 7. The number of halogens is 1. The van der Waals surface area contributed by atoms with Crippen molar-refractivity contribution in [1.29, 1.82) is 0 Å². The molecule has 0 saturated carbocycles. The third-order valence-corrected chi connectivity index (χ3v) is 5.18. The third kappa shape index (κ3) is 5.50. The molecule has 1 aromatic carbocycles. The monoisotopic (exact) mass is 433 g/mol. The molecule has 3 heterocycles. The summed E-state index contributed by atoms with van der Waals surface area (Å²) in [6.07, 6.45) is 3.43. The predicted octanol–water partition coefficient (Wildman–Crippen LogP) is 3.11. The van der Waals surface area contributed by atoms with Gasteiger partial charge < -0.3 is 14.4 Å². The van der Waals surface area contributed by atoms with Crippen LogP contribution < -0.4 is 15.0 Å². The molecule has 2 aliphatic heterocycles. The predicted molar refractivity (Wildman–Crippen MR) is 114 cm³/mol. The Morgan fingerprint density at radius 2 is 2.07 bits per heavy atom. The van der Waals surface area contributed by atoms with Crippen molar-refractivity contribution in [2.45, 2.75) is 6.10 Å². The number of imide groups is 1. The highest BCUT2D eigenvalue weighted by Crippen LogP contribution is 2.26. The lowest BCUT2D eigenvalue weighted by atomic mass is 10.2. The Morgan fingerprint density at radius 1 is 1.24 bits per heavy atom. The molecule has 4 rings (SSSR count). The summed E-state index contributed by atoms with van der Waals surface area (Å²) in [6, 6.07) is 13.2. The number of hydrogen-bond donors (Lipinski definition) is 1. The summed E-state index contributed by atoms with van der Waals surface area (Å²) in [4.78, 5) is 29.8. The van der Waals surface area contributed by atoms with E-state index in [1.165, 1.54) is 0 Å². The van der Waals surface area contributed by atoms with Crippen molar-refractivity contribution in [1.82, 2.24) is 10.3 Å². The largest absolute Gasteiger partial charge is 0.491 e. The van der Waals surface area contributed by atoms with Crippen molar-refractivity contribution in [3.05, 3.63) is 59.1 Å². The van der Waals surface area contributed by atoms with Crippen molar-refractivity contribution >= 4 is 47.2 Å². The molecule has 7 nitrogen and oxygen atoms in total. The molecule has 1 atom stereocenters. The fourth-order valence-electron chi connectivity index (χ4n) is 2.99. The van der Waals surface area contributed by atoms with Crippen molar-refractivity contribution < 1.29 is 19.1 Å².